The van der Waals surface area contributed by atoms with Gasteiger partial charge in [-0.05, 0) is 38.8 Å². The summed E-state index contributed by atoms with van der Waals surface area (Å²) in [5.74, 6) is 1.62. The summed E-state index contributed by atoms with van der Waals surface area (Å²) in [6.45, 7) is 6.31. The van der Waals surface area contributed by atoms with Gasteiger partial charge >= 0.3 is 0 Å². The van der Waals surface area contributed by atoms with E-state index >= 15 is 0 Å². The van der Waals surface area contributed by atoms with Crippen molar-refractivity contribution in [3.05, 3.63) is 22.2 Å². The van der Waals surface area contributed by atoms with E-state index in [1.54, 1.807) is 0 Å². The average Bonchev–Trinajstić information content (AvgIpc) is 3.27. The van der Waals surface area contributed by atoms with Crippen molar-refractivity contribution in [3.8, 4) is 11.5 Å². The van der Waals surface area contributed by atoms with E-state index < -0.39 is 0 Å². The number of carbonyl (C=O) groups excluding carboxylic acids is 1. The summed E-state index contributed by atoms with van der Waals surface area (Å²) in [5.41, 5.74) is 1.11. The lowest BCUT2D eigenvalue weighted by Crippen LogP contribution is -3.09. The second-order valence-corrected chi connectivity index (χ2v) is 6.76. The van der Waals surface area contributed by atoms with E-state index in [1.165, 1.54) is 0 Å². The molecule has 1 unspecified atom stereocenters. The number of hydrogen-bond acceptors (Lipinski definition) is 3. The van der Waals surface area contributed by atoms with E-state index in [0.29, 0.717) is 25.8 Å². The molecule has 0 radical (unpaired) electrons. The molecule has 1 saturated carbocycles. The Balaban J connectivity index is 2.02. The van der Waals surface area contributed by atoms with E-state index in [0.717, 1.165) is 45.8 Å². The minimum absolute atomic E-state index is 0.122. The topological polar surface area (TPSA) is 52.0 Å². The number of likely N-dealkylation sites (N-methyl/N-ethyl adjacent to an activating group) is 1. The number of quaternary nitrogens is 1. The first-order valence-corrected chi connectivity index (χ1v) is 9.01. The zero-order chi connectivity index (χ0) is 16.8. The molecule has 1 atom stereocenters. The van der Waals surface area contributed by atoms with Gasteiger partial charge in [-0.3, -0.25) is 4.79 Å². The van der Waals surface area contributed by atoms with Crippen molar-refractivity contribution in [1.82, 2.24) is 5.32 Å². The number of carbonyl (C=O) groups is 1. The average molecular weight is 386 g/mol. The van der Waals surface area contributed by atoms with Crippen LogP contribution < -0.4 is 19.7 Å². The lowest BCUT2D eigenvalue weighted by Gasteiger charge is -2.17. The molecule has 0 aromatic heterocycles. The third-order valence-electron chi connectivity index (χ3n) is 3.61. The van der Waals surface area contributed by atoms with Crippen molar-refractivity contribution >= 4 is 21.8 Å². The zero-order valence-electron chi connectivity index (χ0n) is 14.1. The fourth-order valence-electron chi connectivity index (χ4n) is 2.42. The largest absolute Gasteiger partial charge is 0.490 e. The quantitative estimate of drug-likeness (QED) is 0.677. The van der Waals surface area contributed by atoms with Crippen molar-refractivity contribution in [3.63, 3.8) is 0 Å². The highest BCUT2D eigenvalue weighted by Gasteiger charge is 2.24. The first kappa shape index (κ1) is 18.1. The second-order valence-electron chi connectivity index (χ2n) is 5.91. The highest BCUT2D eigenvalue weighted by Crippen LogP contribution is 2.33. The Bertz CT molecular complexity index is 547. The van der Waals surface area contributed by atoms with Crippen LogP contribution in [0.4, 0.5) is 0 Å². The first-order chi connectivity index (χ1) is 11.0. The van der Waals surface area contributed by atoms with Gasteiger partial charge in [0.1, 0.15) is 6.54 Å². The molecule has 2 N–H and O–H groups in total. The Hall–Kier alpha value is -1.27. The van der Waals surface area contributed by atoms with Crippen LogP contribution in [-0.4, -0.2) is 38.8 Å². The van der Waals surface area contributed by atoms with E-state index in [4.69, 9.17) is 9.47 Å². The lowest BCUT2D eigenvalue weighted by molar-refractivity contribution is -0.885. The van der Waals surface area contributed by atoms with Crippen LogP contribution in [0, 0.1) is 0 Å². The number of hydrogen-bond donors (Lipinski definition) is 2. The standard InChI is InChI=1S/C17H25BrN2O3/c1-4-22-15-8-12(14(18)9-16(15)23-5-2)10-20(3)11-17(21)19-13-6-7-13/h8-9,13H,4-7,10-11H2,1-3H3,(H,19,21)/p+1. The molecule has 6 heteroatoms. The van der Waals surface area contributed by atoms with Gasteiger partial charge in [0.2, 0.25) is 0 Å². The molecule has 5 nitrogen and oxygen atoms in total. The summed E-state index contributed by atoms with van der Waals surface area (Å²) in [5, 5.41) is 3.03. The number of benzene rings is 1. The van der Waals surface area contributed by atoms with E-state index in [9.17, 15) is 4.79 Å². The van der Waals surface area contributed by atoms with Gasteiger partial charge in [0, 0.05) is 16.1 Å². The molecule has 1 aromatic rings. The van der Waals surface area contributed by atoms with Gasteiger partial charge in [0.15, 0.2) is 18.0 Å². The third-order valence-corrected chi connectivity index (χ3v) is 4.35. The van der Waals surface area contributed by atoms with Gasteiger partial charge in [-0.1, -0.05) is 15.9 Å². The SMILES string of the molecule is CCOc1cc(Br)c(C[NH+](C)CC(=O)NC2CC2)cc1OCC. The maximum absolute atomic E-state index is 11.9. The number of halogens is 1. The third kappa shape index (κ3) is 5.70. The Kier molecular flexibility index (Phi) is 6.72. The van der Waals surface area contributed by atoms with Gasteiger partial charge in [0.05, 0.1) is 20.3 Å². The summed E-state index contributed by atoms with van der Waals surface area (Å²) in [7, 11) is 2.02. The summed E-state index contributed by atoms with van der Waals surface area (Å²) in [4.78, 5) is 13.0. The molecule has 1 amide bonds. The van der Waals surface area contributed by atoms with Crippen molar-refractivity contribution in [2.24, 2.45) is 0 Å². The summed E-state index contributed by atoms with van der Waals surface area (Å²) >= 11 is 3.60. The highest BCUT2D eigenvalue weighted by molar-refractivity contribution is 9.10. The Morgan fingerprint density at radius 3 is 2.43 bits per heavy atom. The van der Waals surface area contributed by atoms with E-state index in [-0.39, 0.29) is 5.91 Å². The van der Waals surface area contributed by atoms with E-state index in [2.05, 4.69) is 21.2 Å². The molecule has 1 fully saturated rings. The normalized spacial score (nSPS) is 15.1. The molecule has 0 aliphatic heterocycles. The van der Waals surface area contributed by atoms with Crippen molar-refractivity contribution in [1.29, 1.82) is 0 Å². The molecular weight excluding hydrogens is 360 g/mol. The second kappa shape index (κ2) is 8.55. The van der Waals surface area contributed by atoms with Crippen molar-refractivity contribution in [2.45, 2.75) is 39.3 Å². The molecule has 1 aliphatic rings. The van der Waals surface area contributed by atoms with Crippen LogP contribution in [0.5, 0.6) is 11.5 Å². The van der Waals surface area contributed by atoms with Crippen LogP contribution >= 0.6 is 15.9 Å². The fourth-order valence-corrected chi connectivity index (χ4v) is 2.88. The molecule has 2 rings (SSSR count). The maximum Gasteiger partial charge on any atom is 0.275 e. The van der Waals surface area contributed by atoms with Gasteiger partial charge in [-0.15, -0.1) is 0 Å². The molecule has 0 bridgehead atoms. The molecule has 0 spiro atoms. The molecule has 1 aromatic carbocycles. The molecular formula is C17H26BrN2O3+. The van der Waals surface area contributed by atoms with Crippen molar-refractivity contribution in [2.75, 3.05) is 26.8 Å². The molecule has 23 heavy (non-hydrogen) atoms. The summed E-state index contributed by atoms with van der Waals surface area (Å²) < 4.78 is 12.3. The van der Waals surface area contributed by atoms with Crippen LogP contribution in [-0.2, 0) is 11.3 Å². The Morgan fingerprint density at radius 2 is 1.87 bits per heavy atom. The van der Waals surface area contributed by atoms with Gasteiger partial charge in [0.25, 0.3) is 5.91 Å². The van der Waals surface area contributed by atoms with Crippen LogP contribution in [0.25, 0.3) is 0 Å². The monoisotopic (exact) mass is 385 g/mol. The predicted molar refractivity (Wildman–Crippen MR) is 93.1 cm³/mol. The number of amides is 1. The Morgan fingerprint density at radius 1 is 1.26 bits per heavy atom. The minimum atomic E-state index is 0.122. The molecule has 0 saturated heterocycles. The molecule has 0 heterocycles. The van der Waals surface area contributed by atoms with Crippen molar-refractivity contribution < 1.29 is 19.2 Å². The summed E-state index contributed by atoms with van der Waals surface area (Å²) in [6, 6.07) is 4.36. The van der Waals surface area contributed by atoms with Gasteiger partial charge in [-0.2, -0.15) is 0 Å². The lowest BCUT2D eigenvalue weighted by atomic mass is 10.2. The fraction of sp³-hybridized carbons (Fsp3) is 0.588. The Labute approximate surface area is 146 Å². The van der Waals surface area contributed by atoms with Gasteiger partial charge < -0.3 is 19.7 Å². The predicted octanol–water partition coefficient (Wildman–Crippen LogP) is 1.54. The van der Waals surface area contributed by atoms with Crippen LogP contribution in [0.1, 0.15) is 32.3 Å². The van der Waals surface area contributed by atoms with Crippen LogP contribution in [0.3, 0.4) is 0 Å². The van der Waals surface area contributed by atoms with Crippen LogP contribution in [0.2, 0.25) is 0 Å². The summed E-state index contributed by atoms with van der Waals surface area (Å²) in [6.07, 6.45) is 2.24. The number of nitrogens with one attached hydrogen (secondary N) is 2. The van der Waals surface area contributed by atoms with Gasteiger partial charge in [-0.25, -0.2) is 0 Å². The highest BCUT2D eigenvalue weighted by atomic mass is 79.9. The molecule has 128 valence electrons. The van der Waals surface area contributed by atoms with E-state index in [1.807, 2.05) is 33.0 Å². The smallest absolute Gasteiger partial charge is 0.275 e. The zero-order valence-corrected chi connectivity index (χ0v) is 15.7. The number of rotatable bonds is 9. The first-order valence-electron chi connectivity index (χ1n) is 8.22. The molecule has 1 aliphatic carbocycles. The maximum atomic E-state index is 11.9. The minimum Gasteiger partial charge on any atom is -0.490 e. The van der Waals surface area contributed by atoms with Crippen LogP contribution in [0.15, 0.2) is 16.6 Å². The number of ether oxygens (including phenoxy) is 2.